The normalized spacial score (nSPS) is 25.3. The molecule has 0 aromatic carbocycles. The van der Waals surface area contributed by atoms with Gasteiger partial charge in [0.15, 0.2) is 0 Å². The zero-order valence-electron chi connectivity index (χ0n) is 15.6. The SMILES string of the molecule is S=P(OC1CCCCC1)(OC1CCCCC1)SCNC1CCCCC1. The van der Waals surface area contributed by atoms with Crippen LogP contribution in [0, 0.1) is 0 Å². The fourth-order valence-electron chi connectivity index (χ4n) is 4.33. The van der Waals surface area contributed by atoms with Gasteiger partial charge in [0.25, 0.3) is 0 Å². The van der Waals surface area contributed by atoms with Gasteiger partial charge in [0.05, 0.1) is 18.1 Å². The average Bonchev–Trinajstić information content (AvgIpc) is 2.64. The molecular weight excluding hydrogens is 369 g/mol. The van der Waals surface area contributed by atoms with Crippen molar-refractivity contribution in [3.05, 3.63) is 0 Å². The Labute approximate surface area is 163 Å². The van der Waals surface area contributed by atoms with E-state index in [9.17, 15) is 0 Å². The Morgan fingerprint density at radius 1 is 0.720 bits per heavy atom. The molecule has 25 heavy (non-hydrogen) atoms. The summed E-state index contributed by atoms with van der Waals surface area (Å²) in [4.78, 5) is 0. The predicted octanol–water partition coefficient (Wildman–Crippen LogP) is 6.52. The molecule has 0 amide bonds. The molecule has 3 aliphatic rings. The molecular formula is C19H36NO2PS2. The fraction of sp³-hybridized carbons (Fsp3) is 1.00. The first kappa shape index (κ1) is 20.6. The summed E-state index contributed by atoms with van der Waals surface area (Å²) in [6, 6.07) is 0.675. The molecule has 0 atom stereocenters. The summed E-state index contributed by atoms with van der Waals surface area (Å²) >= 11 is 7.80. The fourth-order valence-corrected chi connectivity index (χ4v) is 9.12. The molecule has 146 valence electrons. The third-order valence-electron chi connectivity index (χ3n) is 5.86. The second-order valence-electron chi connectivity index (χ2n) is 7.99. The molecule has 3 saturated carbocycles. The van der Waals surface area contributed by atoms with Crippen molar-refractivity contribution < 1.29 is 9.05 Å². The van der Waals surface area contributed by atoms with Gasteiger partial charge >= 0.3 is 0 Å². The van der Waals surface area contributed by atoms with Gasteiger partial charge < -0.3 is 14.4 Å². The van der Waals surface area contributed by atoms with Gasteiger partial charge in [0, 0.05) is 6.04 Å². The highest BCUT2D eigenvalue weighted by molar-refractivity contribution is 8.67. The predicted molar refractivity (Wildman–Crippen MR) is 113 cm³/mol. The molecule has 0 unspecified atom stereocenters. The quantitative estimate of drug-likeness (QED) is 0.367. The number of hydrogen-bond donors (Lipinski definition) is 1. The topological polar surface area (TPSA) is 30.5 Å². The molecule has 0 spiro atoms. The molecule has 3 rings (SSSR count). The van der Waals surface area contributed by atoms with E-state index in [1.807, 2.05) is 0 Å². The van der Waals surface area contributed by atoms with Crippen LogP contribution < -0.4 is 5.32 Å². The molecule has 0 bridgehead atoms. The molecule has 0 aromatic heterocycles. The minimum atomic E-state index is -2.24. The van der Waals surface area contributed by atoms with E-state index in [4.69, 9.17) is 20.9 Å². The summed E-state index contributed by atoms with van der Waals surface area (Å²) in [6.45, 7) is 0. The van der Waals surface area contributed by atoms with Crippen molar-refractivity contribution in [2.24, 2.45) is 0 Å². The minimum Gasteiger partial charge on any atom is -0.318 e. The Morgan fingerprint density at radius 2 is 1.16 bits per heavy atom. The molecule has 0 heterocycles. The Kier molecular flexibility index (Phi) is 9.09. The van der Waals surface area contributed by atoms with Gasteiger partial charge in [-0.2, -0.15) is 0 Å². The molecule has 3 nitrogen and oxygen atoms in total. The second kappa shape index (κ2) is 11.0. The third kappa shape index (κ3) is 7.43. The van der Waals surface area contributed by atoms with Gasteiger partial charge in [-0.15, -0.1) is 0 Å². The lowest BCUT2D eigenvalue weighted by atomic mass is 9.96. The van der Waals surface area contributed by atoms with Crippen LogP contribution in [-0.4, -0.2) is 24.1 Å². The average molecular weight is 406 g/mol. The van der Waals surface area contributed by atoms with Crippen LogP contribution in [0.25, 0.3) is 0 Å². The maximum atomic E-state index is 6.50. The summed E-state index contributed by atoms with van der Waals surface area (Å²) in [6.07, 6.45) is 20.0. The van der Waals surface area contributed by atoms with E-state index in [0.717, 1.165) is 5.88 Å². The van der Waals surface area contributed by atoms with E-state index in [0.29, 0.717) is 18.2 Å². The summed E-state index contributed by atoms with van der Waals surface area (Å²) in [5.41, 5.74) is -2.24. The van der Waals surface area contributed by atoms with Gasteiger partial charge in [0.2, 0.25) is 5.69 Å². The maximum absolute atomic E-state index is 6.50. The largest absolute Gasteiger partial charge is 0.318 e. The van der Waals surface area contributed by atoms with E-state index in [1.165, 1.54) is 96.3 Å². The van der Waals surface area contributed by atoms with Gasteiger partial charge in [-0.3, -0.25) is 0 Å². The van der Waals surface area contributed by atoms with Gasteiger partial charge in [0.1, 0.15) is 0 Å². The van der Waals surface area contributed by atoms with Crippen LogP contribution >= 0.6 is 17.1 Å². The minimum absolute atomic E-state index is 0.338. The van der Waals surface area contributed by atoms with Crippen molar-refractivity contribution in [1.82, 2.24) is 5.32 Å². The first-order chi connectivity index (χ1) is 12.2. The first-order valence-corrected chi connectivity index (χ1v) is 14.8. The first-order valence-electron chi connectivity index (χ1n) is 10.6. The van der Waals surface area contributed by atoms with E-state index in [1.54, 1.807) is 11.4 Å². The van der Waals surface area contributed by atoms with Crippen molar-refractivity contribution in [1.29, 1.82) is 0 Å². The van der Waals surface area contributed by atoms with Crippen LogP contribution in [0.4, 0.5) is 0 Å². The number of rotatable bonds is 8. The van der Waals surface area contributed by atoms with Crippen molar-refractivity contribution in [2.45, 2.75) is 115 Å². The second-order valence-corrected chi connectivity index (χ2v) is 14.2. The van der Waals surface area contributed by atoms with Crippen LogP contribution in [0.3, 0.4) is 0 Å². The molecule has 0 radical (unpaired) electrons. The molecule has 3 aliphatic carbocycles. The van der Waals surface area contributed by atoms with Crippen LogP contribution in [-0.2, 0) is 20.9 Å². The zero-order valence-corrected chi connectivity index (χ0v) is 18.2. The van der Waals surface area contributed by atoms with Crippen LogP contribution in [0.2, 0.25) is 0 Å². The Bertz CT molecular complexity index is 396. The maximum Gasteiger partial charge on any atom is 0.249 e. The molecule has 0 aliphatic heterocycles. The van der Waals surface area contributed by atoms with Crippen molar-refractivity contribution in [3.8, 4) is 0 Å². The van der Waals surface area contributed by atoms with Crippen molar-refractivity contribution in [2.75, 3.05) is 5.88 Å². The number of hydrogen-bond acceptors (Lipinski definition) is 5. The van der Waals surface area contributed by atoms with Gasteiger partial charge in [-0.25, -0.2) is 0 Å². The lowest BCUT2D eigenvalue weighted by Gasteiger charge is -2.33. The smallest absolute Gasteiger partial charge is 0.249 e. The van der Waals surface area contributed by atoms with E-state index < -0.39 is 5.69 Å². The molecule has 0 saturated heterocycles. The van der Waals surface area contributed by atoms with Crippen molar-refractivity contribution in [3.63, 3.8) is 0 Å². The van der Waals surface area contributed by atoms with Crippen LogP contribution in [0.1, 0.15) is 96.3 Å². The van der Waals surface area contributed by atoms with Crippen LogP contribution in [0.15, 0.2) is 0 Å². The highest BCUT2D eigenvalue weighted by atomic mass is 32.9. The highest BCUT2D eigenvalue weighted by Crippen LogP contribution is 2.63. The summed E-state index contributed by atoms with van der Waals surface area (Å²) in [5.74, 6) is 0.890. The Hall–Kier alpha value is 0.880. The summed E-state index contributed by atoms with van der Waals surface area (Å²) in [5, 5.41) is 3.72. The summed E-state index contributed by atoms with van der Waals surface area (Å²) < 4.78 is 13.0. The summed E-state index contributed by atoms with van der Waals surface area (Å²) in [7, 11) is 0. The van der Waals surface area contributed by atoms with E-state index in [2.05, 4.69) is 5.32 Å². The molecule has 1 N–H and O–H groups in total. The standard InChI is InChI=1S/C19H36NO2PS2/c24-23(21-18-12-6-2-7-13-18,22-19-14-8-3-9-15-19)25-16-20-17-10-4-1-5-11-17/h17-20H,1-16H2. The molecule has 3 fully saturated rings. The highest BCUT2D eigenvalue weighted by Gasteiger charge is 2.30. The molecule has 0 aromatic rings. The van der Waals surface area contributed by atoms with Crippen molar-refractivity contribution >= 4 is 28.9 Å². The van der Waals surface area contributed by atoms with Gasteiger partial charge in [-0.05, 0) is 50.3 Å². The zero-order chi connectivity index (χ0) is 17.4. The monoisotopic (exact) mass is 405 g/mol. The molecule has 6 heteroatoms. The Balaban J connectivity index is 1.51. The lowest BCUT2D eigenvalue weighted by molar-refractivity contribution is 0.109. The van der Waals surface area contributed by atoms with Crippen LogP contribution in [0.5, 0.6) is 0 Å². The Morgan fingerprint density at radius 3 is 1.64 bits per heavy atom. The van der Waals surface area contributed by atoms with E-state index in [-0.39, 0.29) is 0 Å². The van der Waals surface area contributed by atoms with E-state index >= 15 is 0 Å². The third-order valence-corrected chi connectivity index (χ3v) is 10.9. The number of nitrogens with one attached hydrogen (secondary N) is 1. The lowest BCUT2D eigenvalue weighted by Crippen LogP contribution is -2.30. The van der Waals surface area contributed by atoms with Gasteiger partial charge in [-0.1, -0.05) is 69.2 Å².